The zero-order chi connectivity index (χ0) is 13.3. The number of rotatable bonds is 2. The number of piperidine rings is 1. The summed E-state index contributed by atoms with van der Waals surface area (Å²) in [5, 5.41) is 4.32. The molecule has 1 aromatic heterocycles. The second-order valence-corrected chi connectivity index (χ2v) is 6.04. The first-order valence-electron chi connectivity index (χ1n) is 6.49. The van der Waals surface area contributed by atoms with Gasteiger partial charge in [-0.05, 0) is 56.0 Å². The van der Waals surface area contributed by atoms with Gasteiger partial charge in [0.2, 0.25) is 5.91 Å². The minimum absolute atomic E-state index is 0.171. The van der Waals surface area contributed by atoms with Crippen LogP contribution in [0.3, 0.4) is 0 Å². The number of aryl methyl sites for hydroxylation is 1. The molecule has 5 heteroatoms. The lowest BCUT2D eigenvalue weighted by atomic mass is 9.97. The van der Waals surface area contributed by atoms with Crippen LogP contribution >= 0.6 is 15.9 Å². The third-order valence-electron chi connectivity index (χ3n) is 3.67. The summed E-state index contributed by atoms with van der Waals surface area (Å²) in [6.45, 7) is 6.54. The van der Waals surface area contributed by atoms with Crippen LogP contribution in [0.2, 0.25) is 0 Å². The molecule has 4 nitrogen and oxygen atoms in total. The Hall–Kier alpha value is -0.840. The highest BCUT2D eigenvalue weighted by Crippen LogP contribution is 2.23. The van der Waals surface area contributed by atoms with Crippen molar-refractivity contribution in [1.29, 1.82) is 0 Å². The Morgan fingerprint density at radius 2 is 2.06 bits per heavy atom. The van der Waals surface area contributed by atoms with Crippen molar-refractivity contribution in [2.75, 3.05) is 0 Å². The lowest BCUT2D eigenvalue weighted by molar-refractivity contribution is -0.138. The summed E-state index contributed by atoms with van der Waals surface area (Å²) in [7, 11) is 0. The van der Waals surface area contributed by atoms with Gasteiger partial charge in [-0.2, -0.15) is 5.10 Å². The molecule has 100 valence electrons. The number of hydrogen-bond acceptors (Lipinski definition) is 2. The van der Waals surface area contributed by atoms with Gasteiger partial charge in [-0.3, -0.25) is 9.48 Å². The predicted molar refractivity (Wildman–Crippen MR) is 74.3 cm³/mol. The summed E-state index contributed by atoms with van der Waals surface area (Å²) >= 11 is 3.42. The molecule has 1 fully saturated rings. The van der Waals surface area contributed by atoms with E-state index in [0.29, 0.717) is 18.6 Å². The van der Waals surface area contributed by atoms with E-state index >= 15 is 0 Å². The molecule has 0 aromatic carbocycles. The number of likely N-dealkylation sites (tertiary alicyclic amines) is 1. The van der Waals surface area contributed by atoms with Gasteiger partial charge in [-0.25, -0.2) is 0 Å². The highest BCUT2D eigenvalue weighted by Gasteiger charge is 2.28. The highest BCUT2D eigenvalue weighted by atomic mass is 79.9. The van der Waals surface area contributed by atoms with Crippen LogP contribution in [0.15, 0.2) is 10.7 Å². The maximum absolute atomic E-state index is 12.4. The Morgan fingerprint density at radius 3 is 2.56 bits per heavy atom. The molecule has 0 saturated carbocycles. The first-order chi connectivity index (χ1) is 8.49. The van der Waals surface area contributed by atoms with Crippen molar-refractivity contribution in [2.24, 2.45) is 0 Å². The lowest BCUT2D eigenvalue weighted by Crippen LogP contribution is -2.48. The molecule has 1 aliphatic rings. The number of nitrogens with zero attached hydrogens (tertiary/aromatic N) is 3. The van der Waals surface area contributed by atoms with Crippen LogP contribution in [0.25, 0.3) is 0 Å². The van der Waals surface area contributed by atoms with E-state index in [4.69, 9.17) is 0 Å². The molecule has 0 radical (unpaired) electrons. The normalized spacial score (nSPS) is 24.3. The Kier molecular flexibility index (Phi) is 4.10. The number of hydrogen-bond donors (Lipinski definition) is 0. The topological polar surface area (TPSA) is 38.1 Å². The maximum atomic E-state index is 12.4. The van der Waals surface area contributed by atoms with E-state index in [9.17, 15) is 4.79 Å². The van der Waals surface area contributed by atoms with Crippen molar-refractivity contribution in [1.82, 2.24) is 14.7 Å². The first-order valence-corrected chi connectivity index (χ1v) is 7.29. The monoisotopic (exact) mass is 313 g/mol. The van der Waals surface area contributed by atoms with E-state index in [2.05, 4.69) is 34.9 Å². The second kappa shape index (κ2) is 5.43. The first kappa shape index (κ1) is 13.6. The fraction of sp³-hybridized carbons (Fsp3) is 0.692. The van der Waals surface area contributed by atoms with E-state index in [0.717, 1.165) is 23.0 Å². The van der Waals surface area contributed by atoms with Crippen LogP contribution in [-0.2, 0) is 11.3 Å². The third kappa shape index (κ3) is 2.76. The van der Waals surface area contributed by atoms with Crippen LogP contribution < -0.4 is 0 Å². The van der Waals surface area contributed by atoms with Gasteiger partial charge in [-0.15, -0.1) is 0 Å². The van der Waals surface area contributed by atoms with E-state index in [1.54, 1.807) is 4.68 Å². The van der Waals surface area contributed by atoms with Gasteiger partial charge in [0.25, 0.3) is 0 Å². The smallest absolute Gasteiger partial charge is 0.244 e. The fourth-order valence-corrected chi connectivity index (χ4v) is 3.02. The average Bonchev–Trinajstić information content (AvgIpc) is 2.57. The standard InChI is InChI=1S/C13H20BrN3O/c1-9-5-4-6-10(2)17(9)13(18)8-16-7-12(14)11(3)15-16/h7,9-10H,4-6,8H2,1-3H3/t9-,10+. The molecular formula is C13H20BrN3O. The quantitative estimate of drug-likeness (QED) is 0.842. The molecule has 2 atom stereocenters. The zero-order valence-corrected chi connectivity index (χ0v) is 12.8. The average molecular weight is 314 g/mol. The predicted octanol–water partition coefficient (Wildman–Crippen LogP) is 2.74. The van der Waals surface area contributed by atoms with Crippen molar-refractivity contribution >= 4 is 21.8 Å². The molecule has 2 rings (SSSR count). The highest BCUT2D eigenvalue weighted by molar-refractivity contribution is 9.10. The molecule has 2 heterocycles. The molecule has 0 aliphatic carbocycles. The molecule has 1 aliphatic heterocycles. The van der Waals surface area contributed by atoms with Crippen molar-refractivity contribution in [3.8, 4) is 0 Å². The Morgan fingerprint density at radius 1 is 1.44 bits per heavy atom. The van der Waals surface area contributed by atoms with Gasteiger partial charge in [0.05, 0.1) is 10.2 Å². The molecule has 0 bridgehead atoms. The van der Waals surface area contributed by atoms with Crippen LogP contribution in [0.4, 0.5) is 0 Å². The zero-order valence-electron chi connectivity index (χ0n) is 11.2. The van der Waals surface area contributed by atoms with Gasteiger partial charge in [-0.1, -0.05) is 0 Å². The van der Waals surface area contributed by atoms with Gasteiger partial charge < -0.3 is 4.90 Å². The van der Waals surface area contributed by atoms with Crippen molar-refractivity contribution in [2.45, 2.75) is 58.7 Å². The molecule has 0 unspecified atom stereocenters. The van der Waals surface area contributed by atoms with Gasteiger partial charge in [0.15, 0.2) is 0 Å². The Labute approximate surface area is 116 Å². The summed E-state index contributed by atoms with van der Waals surface area (Å²) in [6.07, 6.45) is 5.31. The van der Waals surface area contributed by atoms with Gasteiger partial charge in [0.1, 0.15) is 6.54 Å². The van der Waals surface area contributed by atoms with Gasteiger partial charge in [0, 0.05) is 18.3 Å². The minimum Gasteiger partial charge on any atom is -0.336 e. The van der Waals surface area contributed by atoms with Crippen LogP contribution in [0.5, 0.6) is 0 Å². The van der Waals surface area contributed by atoms with Crippen molar-refractivity contribution in [3.05, 3.63) is 16.4 Å². The number of halogens is 1. The molecule has 0 spiro atoms. The summed E-state index contributed by atoms with van der Waals surface area (Å²) in [4.78, 5) is 14.4. The number of aromatic nitrogens is 2. The molecule has 0 N–H and O–H groups in total. The van der Waals surface area contributed by atoms with E-state index in [1.165, 1.54) is 6.42 Å². The molecule has 18 heavy (non-hydrogen) atoms. The number of carbonyl (C=O) groups is 1. The van der Waals surface area contributed by atoms with Crippen LogP contribution in [0, 0.1) is 6.92 Å². The molecule has 1 amide bonds. The van der Waals surface area contributed by atoms with E-state index in [-0.39, 0.29) is 5.91 Å². The largest absolute Gasteiger partial charge is 0.336 e. The second-order valence-electron chi connectivity index (χ2n) is 5.19. The summed E-state index contributed by atoms with van der Waals surface area (Å²) in [5.41, 5.74) is 0.919. The lowest BCUT2D eigenvalue weighted by Gasteiger charge is -2.39. The van der Waals surface area contributed by atoms with Crippen molar-refractivity contribution in [3.63, 3.8) is 0 Å². The minimum atomic E-state index is 0.171. The SMILES string of the molecule is Cc1nn(CC(=O)N2[C@H](C)CCC[C@@H]2C)cc1Br. The van der Waals surface area contributed by atoms with Crippen LogP contribution in [0.1, 0.15) is 38.8 Å². The van der Waals surface area contributed by atoms with Gasteiger partial charge >= 0.3 is 0 Å². The molecular weight excluding hydrogens is 294 g/mol. The number of carbonyl (C=O) groups excluding carboxylic acids is 1. The van der Waals surface area contributed by atoms with E-state index < -0.39 is 0 Å². The Balaban J connectivity index is 2.06. The molecule has 1 saturated heterocycles. The summed E-state index contributed by atoms with van der Waals surface area (Å²) in [6, 6.07) is 0.697. The number of amides is 1. The summed E-state index contributed by atoms with van der Waals surface area (Å²) < 4.78 is 2.67. The maximum Gasteiger partial charge on any atom is 0.244 e. The Bertz CT molecular complexity index is 414. The fourth-order valence-electron chi connectivity index (χ4n) is 2.71. The third-order valence-corrected chi connectivity index (χ3v) is 4.44. The van der Waals surface area contributed by atoms with Crippen molar-refractivity contribution < 1.29 is 4.79 Å². The van der Waals surface area contributed by atoms with E-state index in [1.807, 2.05) is 18.0 Å². The summed E-state index contributed by atoms with van der Waals surface area (Å²) in [5.74, 6) is 0.171. The van der Waals surface area contributed by atoms with Crippen LogP contribution in [-0.4, -0.2) is 32.7 Å². The molecule has 1 aromatic rings.